The molecule has 0 aliphatic rings. The average molecular weight is 764 g/mol. The Morgan fingerprint density at radius 1 is 0.818 bits per heavy atom. The standard InChI is InChI=1S/C46H73N3O6/c1-10-11-12-13-14-15-16-17-18-19-20-21-22-23-24-25-43(50)53-31-37(33-55-45(52)42(49(8)9)29-41-30-47-34-48-41)32-54-44(51)39-26-38(36(4)35(2)3)27-40(28-39)46(5,6)7/h14-15,17-18,26-28,30,34-37,42H,10-13,16,19-25,29,31-33H2,1-9H3,(H,47,48)/b15-14-,18-17-/t36?,37?,42-/m0/s1. The van der Waals surface area contributed by atoms with E-state index in [4.69, 9.17) is 14.2 Å². The second-order valence-corrected chi connectivity index (χ2v) is 16.6. The van der Waals surface area contributed by atoms with Crippen molar-refractivity contribution < 1.29 is 28.6 Å². The minimum Gasteiger partial charge on any atom is -0.465 e. The van der Waals surface area contributed by atoms with E-state index in [2.05, 4.69) is 88.8 Å². The van der Waals surface area contributed by atoms with Gasteiger partial charge in [-0.2, -0.15) is 0 Å². The minimum absolute atomic E-state index is 0.0233. The number of benzene rings is 1. The van der Waals surface area contributed by atoms with Gasteiger partial charge in [-0.1, -0.05) is 111 Å². The fourth-order valence-electron chi connectivity index (χ4n) is 6.01. The second-order valence-electron chi connectivity index (χ2n) is 16.6. The van der Waals surface area contributed by atoms with E-state index in [1.807, 2.05) is 26.2 Å². The summed E-state index contributed by atoms with van der Waals surface area (Å²) in [6.07, 6.45) is 25.2. The van der Waals surface area contributed by atoms with Crippen LogP contribution in [-0.4, -0.2) is 72.7 Å². The molecule has 0 saturated heterocycles. The number of unbranched alkanes of at least 4 members (excludes halogenated alkanes) is 8. The van der Waals surface area contributed by atoms with Crippen molar-refractivity contribution in [2.45, 2.75) is 149 Å². The Morgan fingerprint density at radius 2 is 1.45 bits per heavy atom. The number of esters is 3. The van der Waals surface area contributed by atoms with Gasteiger partial charge in [0.15, 0.2) is 0 Å². The van der Waals surface area contributed by atoms with Crippen molar-refractivity contribution >= 4 is 17.9 Å². The Balaban J connectivity index is 1.94. The van der Waals surface area contributed by atoms with Crippen molar-refractivity contribution in [3.63, 3.8) is 0 Å². The van der Waals surface area contributed by atoms with Gasteiger partial charge in [-0.25, -0.2) is 9.78 Å². The smallest absolute Gasteiger partial charge is 0.338 e. The molecule has 2 aromatic rings. The Morgan fingerprint density at radius 3 is 2.07 bits per heavy atom. The number of hydrogen-bond donors (Lipinski definition) is 1. The van der Waals surface area contributed by atoms with Crippen molar-refractivity contribution in [2.75, 3.05) is 33.9 Å². The normalized spacial score (nSPS) is 13.8. The molecule has 55 heavy (non-hydrogen) atoms. The van der Waals surface area contributed by atoms with Crippen LogP contribution < -0.4 is 0 Å². The van der Waals surface area contributed by atoms with Crippen molar-refractivity contribution in [1.29, 1.82) is 0 Å². The number of carbonyl (C=O) groups excluding carboxylic acids is 3. The molecule has 0 radical (unpaired) electrons. The number of rotatable bonds is 27. The van der Waals surface area contributed by atoms with Gasteiger partial charge in [-0.15, -0.1) is 0 Å². The van der Waals surface area contributed by atoms with Gasteiger partial charge in [-0.3, -0.25) is 14.5 Å². The first-order valence-electron chi connectivity index (χ1n) is 20.8. The van der Waals surface area contributed by atoms with Crippen LogP contribution in [0.1, 0.15) is 159 Å². The number of H-pyrrole nitrogens is 1. The molecule has 0 saturated carbocycles. The van der Waals surface area contributed by atoms with Crippen LogP contribution in [0, 0.1) is 11.8 Å². The molecule has 1 N–H and O–H groups in total. The molecule has 0 amide bonds. The van der Waals surface area contributed by atoms with E-state index < -0.39 is 23.9 Å². The monoisotopic (exact) mass is 764 g/mol. The molecular formula is C46H73N3O6. The first kappa shape index (κ1) is 47.4. The first-order valence-corrected chi connectivity index (χ1v) is 20.8. The number of nitrogens with one attached hydrogen (secondary N) is 1. The molecule has 2 unspecified atom stereocenters. The Bertz CT molecular complexity index is 1440. The lowest BCUT2D eigenvalue weighted by atomic mass is 9.81. The quantitative estimate of drug-likeness (QED) is 0.0414. The highest BCUT2D eigenvalue weighted by molar-refractivity contribution is 5.90. The Hall–Kier alpha value is -3.72. The molecule has 1 heterocycles. The topological polar surface area (TPSA) is 111 Å². The summed E-state index contributed by atoms with van der Waals surface area (Å²) in [5, 5.41) is 0. The predicted octanol–water partition coefficient (Wildman–Crippen LogP) is 10.3. The van der Waals surface area contributed by atoms with E-state index in [1.54, 1.807) is 17.4 Å². The molecule has 1 aromatic carbocycles. The summed E-state index contributed by atoms with van der Waals surface area (Å²) in [6, 6.07) is 5.45. The maximum Gasteiger partial charge on any atom is 0.338 e. The van der Waals surface area contributed by atoms with Crippen LogP contribution in [0.4, 0.5) is 0 Å². The Kier molecular flexibility index (Phi) is 22.6. The molecule has 0 fully saturated rings. The number of carbonyl (C=O) groups is 3. The number of nitrogens with zero attached hydrogens (tertiary/aromatic N) is 2. The van der Waals surface area contributed by atoms with Gasteiger partial charge in [0.1, 0.15) is 25.9 Å². The van der Waals surface area contributed by atoms with Crippen molar-refractivity contribution in [3.05, 3.63) is 77.4 Å². The lowest BCUT2D eigenvalue weighted by Crippen LogP contribution is -2.40. The van der Waals surface area contributed by atoms with Gasteiger partial charge in [0.05, 0.1) is 17.8 Å². The summed E-state index contributed by atoms with van der Waals surface area (Å²) in [4.78, 5) is 48.4. The molecule has 308 valence electrons. The van der Waals surface area contributed by atoms with Gasteiger partial charge >= 0.3 is 17.9 Å². The average Bonchev–Trinajstić information content (AvgIpc) is 3.67. The molecule has 2 rings (SSSR count). The number of likely N-dealkylation sites (N-methyl/N-ethyl adjacent to an activating group) is 1. The molecular weight excluding hydrogens is 691 g/mol. The van der Waals surface area contributed by atoms with E-state index in [0.29, 0.717) is 24.3 Å². The fraction of sp³-hybridized carbons (Fsp3) is 0.652. The Labute approximate surface area is 333 Å². The van der Waals surface area contributed by atoms with Crippen LogP contribution >= 0.6 is 0 Å². The number of aromatic nitrogens is 2. The van der Waals surface area contributed by atoms with E-state index >= 15 is 0 Å². The van der Waals surface area contributed by atoms with Gasteiger partial charge in [-0.05, 0) is 93.1 Å². The van der Waals surface area contributed by atoms with E-state index in [1.165, 1.54) is 25.7 Å². The van der Waals surface area contributed by atoms with Gasteiger partial charge < -0.3 is 19.2 Å². The zero-order chi connectivity index (χ0) is 40.6. The number of allylic oxidation sites excluding steroid dienone is 4. The molecule has 9 nitrogen and oxygen atoms in total. The maximum absolute atomic E-state index is 13.5. The summed E-state index contributed by atoms with van der Waals surface area (Å²) in [5.41, 5.74) is 3.29. The number of hydrogen-bond acceptors (Lipinski definition) is 8. The van der Waals surface area contributed by atoms with Crippen LogP contribution in [0.5, 0.6) is 0 Å². The van der Waals surface area contributed by atoms with Crippen LogP contribution in [-0.2, 0) is 35.6 Å². The highest BCUT2D eigenvalue weighted by atomic mass is 16.6. The fourth-order valence-corrected chi connectivity index (χ4v) is 6.01. The van der Waals surface area contributed by atoms with Crippen molar-refractivity contribution in [2.24, 2.45) is 11.8 Å². The summed E-state index contributed by atoms with van der Waals surface area (Å²) >= 11 is 0. The molecule has 0 spiro atoms. The largest absolute Gasteiger partial charge is 0.465 e. The lowest BCUT2D eigenvalue weighted by molar-refractivity contribution is -0.153. The molecule has 3 atom stereocenters. The minimum atomic E-state index is -0.550. The number of ether oxygens (including phenoxy) is 3. The second kappa shape index (κ2) is 26.2. The lowest BCUT2D eigenvalue weighted by Gasteiger charge is -2.25. The van der Waals surface area contributed by atoms with Crippen molar-refractivity contribution in [3.8, 4) is 0 Å². The van der Waals surface area contributed by atoms with E-state index in [0.717, 1.165) is 61.8 Å². The molecule has 1 aromatic heterocycles. The summed E-state index contributed by atoms with van der Waals surface area (Å²) in [6.45, 7) is 15.0. The molecule has 9 heteroatoms. The molecule has 0 aliphatic carbocycles. The highest BCUT2D eigenvalue weighted by Gasteiger charge is 2.26. The summed E-state index contributed by atoms with van der Waals surface area (Å²) in [5.74, 6) is -1.05. The zero-order valence-corrected chi connectivity index (χ0v) is 35.7. The summed E-state index contributed by atoms with van der Waals surface area (Å²) in [7, 11) is 3.63. The van der Waals surface area contributed by atoms with Gasteiger partial charge in [0.25, 0.3) is 0 Å². The maximum atomic E-state index is 13.5. The van der Waals surface area contributed by atoms with Crippen LogP contribution in [0.2, 0.25) is 0 Å². The predicted molar refractivity (Wildman–Crippen MR) is 223 cm³/mol. The molecule has 0 bridgehead atoms. The third kappa shape index (κ3) is 19.6. The number of aromatic amines is 1. The van der Waals surface area contributed by atoms with Crippen LogP contribution in [0.3, 0.4) is 0 Å². The third-order valence-electron chi connectivity index (χ3n) is 10.2. The van der Waals surface area contributed by atoms with Crippen LogP contribution in [0.15, 0.2) is 55.0 Å². The number of imidazole rings is 1. The zero-order valence-electron chi connectivity index (χ0n) is 35.7. The SMILES string of the molecule is CCCCC/C=C\C/C=C\CCCCCCCC(=O)OCC(COC(=O)c1cc(C(C)C(C)C)cc(C(C)(C)C)c1)COC(=O)[C@H](Cc1cnc[nH]1)N(C)C. The summed E-state index contributed by atoms with van der Waals surface area (Å²) < 4.78 is 17.3. The molecule has 0 aliphatic heterocycles. The third-order valence-corrected chi connectivity index (χ3v) is 10.2. The van der Waals surface area contributed by atoms with E-state index in [9.17, 15) is 14.4 Å². The first-order chi connectivity index (χ1) is 26.2. The van der Waals surface area contributed by atoms with Crippen LogP contribution in [0.25, 0.3) is 0 Å². The van der Waals surface area contributed by atoms with Crippen molar-refractivity contribution in [1.82, 2.24) is 14.9 Å². The van der Waals surface area contributed by atoms with Gasteiger partial charge in [0, 0.05) is 24.7 Å². The van der Waals surface area contributed by atoms with Gasteiger partial charge in [0.2, 0.25) is 0 Å². The van der Waals surface area contributed by atoms with E-state index in [-0.39, 0.29) is 37.1 Å². The highest BCUT2D eigenvalue weighted by Crippen LogP contribution is 2.31.